The molecule has 0 spiro atoms. The van der Waals surface area contributed by atoms with Gasteiger partial charge < -0.3 is 5.32 Å². The molecule has 16 heavy (non-hydrogen) atoms. The van der Waals surface area contributed by atoms with Crippen molar-refractivity contribution in [3.05, 3.63) is 0 Å². The average molecular weight is 249 g/mol. The molecule has 0 radical (unpaired) electrons. The van der Waals surface area contributed by atoms with E-state index in [1.807, 2.05) is 34.6 Å². The topological polar surface area (TPSA) is 46.2 Å². The van der Waals surface area contributed by atoms with Gasteiger partial charge in [-0.3, -0.25) is 0 Å². The maximum Gasteiger partial charge on any atom is 0.157 e. The molecule has 0 aliphatic carbocycles. The zero-order chi connectivity index (χ0) is 12.9. The van der Waals surface area contributed by atoms with Gasteiger partial charge in [-0.2, -0.15) is 0 Å². The molecule has 0 aliphatic rings. The van der Waals surface area contributed by atoms with Crippen molar-refractivity contribution < 1.29 is 8.42 Å². The van der Waals surface area contributed by atoms with Crippen LogP contribution in [0.2, 0.25) is 0 Å². The summed E-state index contributed by atoms with van der Waals surface area (Å²) in [6.45, 7) is 12.4. The molecule has 0 aliphatic heterocycles. The van der Waals surface area contributed by atoms with Gasteiger partial charge in [0.05, 0.1) is 10.5 Å². The summed E-state index contributed by atoms with van der Waals surface area (Å²) in [4.78, 5) is 0. The number of hydrogen-bond acceptors (Lipinski definition) is 3. The molecular formula is C12H27NO2S. The van der Waals surface area contributed by atoms with Gasteiger partial charge in [0.1, 0.15) is 0 Å². The molecule has 3 atom stereocenters. The van der Waals surface area contributed by atoms with Crippen LogP contribution in [0.15, 0.2) is 0 Å². The largest absolute Gasteiger partial charge is 0.313 e. The van der Waals surface area contributed by atoms with Crippen LogP contribution >= 0.6 is 0 Å². The van der Waals surface area contributed by atoms with Crippen LogP contribution in [0.1, 0.15) is 48.0 Å². The minimum Gasteiger partial charge on any atom is -0.313 e. The van der Waals surface area contributed by atoms with Crippen LogP contribution in [0.3, 0.4) is 0 Å². The van der Waals surface area contributed by atoms with Gasteiger partial charge in [-0.15, -0.1) is 0 Å². The lowest BCUT2D eigenvalue weighted by atomic mass is 10.2. The third kappa shape index (κ3) is 4.06. The predicted octanol–water partition coefficient (Wildman–Crippen LogP) is 2.22. The number of hydrogen-bond donors (Lipinski definition) is 1. The molecule has 98 valence electrons. The van der Waals surface area contributed by atoms with E-state index in [1.165, 1.54) is 0 Å². The maximum absolute atomic E-state index is 12.2. The Morgan fingerprint density at radius 1 is 1.00 bits per heavy atom. The van der Waals surface area contributed by atoms with Crippen molar-refractivity contribution >= 4 is 9.84 Å². The second-order valence-corrected chi connectivity index (χ2v) is 7.65. The minimum atomic E-state index is -3.03. The molecule has 0 aromatic rings. The Hall–Kier alpha value is -0.0900. The highest BCUT2D eigenvalue weighted by molar-refractivity contribution is 7.92. The van der Waals surface area contributed by atoms with Crippen molar-refractivity contribution in [2.75, 3.05) is 6.54 Å². The fourth-order valence-electron chi connectivity index (χ4n) is 1.54. The number of nitrogens with one attached hydrogen (secondary N) is 1. The van der Waals surface area contributed by atoms with Crippen LogP contribution < -0.4 is 5.32 Å². The Morgan fingerprint density at radius 3 is 1.88 bits per heavy atom. The highest BCUT2D eigenvalue weighted by Gasteiger charge is 2.32. The zero-order valence-electron chi connectivity index (χ0n) is 11.4. The Morgan fingerprint density at radius 2 is 1.50 bits per heavy atom. The lowest BCUT2D eigenvalue weighted by Gasteiger charge is -2.26. The van der Waals surface area contributed by atoms with Crippen molar-refractivity contribution in [2.24, 2.45) is 5.92 Å². The van der Waals surface area contributed by atoms with E-state index in [4.69, 9.17) is 0 Å². The molecule has 0 aromatic carbocycles. The van der Waals surface area contributed by atoms with Crippen molar-refractivity contribution in [1.29, 1.82) is 0 Å². The predicted molar refractivity (Wildman–Crippen MR) is 70.4 cm³/mol. The van der Waals surface area contributed by atoms with E-state index in [0.717, 1.165) is 13.0 Å². The smallest absolute Gasteiger partial charge is 0.157 e. The fraction of sp³-hybridized carbons (Fsp3) is 1.00. The number of rotatable bonds is 7. The lowest BCUT2D eigenvalue weighted by Crippen LogP contribution is -2.44. The van der Waals surface area contributed by atoms with Crippen LogP contribution in [0, 0.1) is 5.92 Å². The Balaban J connectivity index is 4.63. The van der Waals surface area contributed by atoms with Crippen molar-refractivity contribution in [3.63, 3.8) is 0 Å². The molecule has 0 amide bonds. The molecule has 0 saturated carbocycles. The summed E-state index contributed by atoms with van der Waals surface area (Å²) in [5.41, 5.74) is 0. The van der Waals surface area contributed by atoms with Gasteiger partial charge in [-0.25, -0.2) is 8.42 Å². The molecule has 0 rings (SSSR count). The maximum atomic E-state index is 12.2. The summed E-state index contributed by atoms with van der Waals surface area (Å²) in [6.07, 6.45) is 1.02. The number of sulfone groups is 1. The second kappa shape index (κ2) is 6.60. The quantitative estimate of drug-likeness (QED) is 0.752. The molecule has 1 N–H and O–H groups in total. The minimum absolute atomic E-state index is 0.0196. The second-order valence-electron chi connectivity index (χ2n) is 4.99. The summed E-state index contributed by atoms with van der Waals surface area (Å²) in [5, 5.41) is 2.66. The zero-order valence-corrected chi connectivity index (χ0v) is 12.3. The molecule has 0 saturated heterocycles. The molecule has 3 unspecified atom stereocenters. The Kier molecular flexibility index (Phi) is 6.56. The van der Waals surface area contributed by atoms with Gasteiger partial charge in [-0.05, 0) is 39.7 Å². The first kappa shape index (κ1) is 15.9. The van der Waals surface area contributed by atoms with Crippen LogP contribution in [0.4, 0.5) is 0 Å². The van der Waals surface area contributed by atoms with E-state index in [0.29, 0.717) is 0 Å². The Labute approximate surface area is 101 Å². The van der Waals surface area contributed by atoms with E-state index in [9.17, 15) is 8.42 Å². The van der Waals surface area contributed by atoms with Crippen molar-refractivity contribution in [1.82, 2.24) is 5.32 Å². The van der Waals surface area contributed by atoms with Crippen LogP contribution in [0.25, 0.3) is 0 Å². The third-order valence-electron chi connectivity index (χ3n) is 3.40. The molecular weight excluding hydrogens is 222 g/mol. The van der Waals surface area contributed by atoms with Crippen LogP contribution in [0.5, 0.6) is 0 Å². The molecule has 0 bridgehead atoms. The first-order valence-corrected chi connectivity index (χ1v) is 7.82. The monoisotopic (exact) mass is 249 g/mol. The summed E-state index contributed by atoms with van der Waals surface area (Å²) < 4.78 is 24.5. The average Bonchev–Trinajstić information content (AvgIpc) is 2.23. The third-order valence-corrected chi connectivity index (χ3v) is 6.42. The Bertz CT molecular complexity index is 285. The van der Waals surface area contributed by atoms with E-state index in [1.54, 1.807) is 0 Å². The molecule has 0 fully saturated rings. The van der Waals surface area contributed by atoms with E-state index in [2.05, 4.69) is 12.2 Å². The van der Waals surface area contributed by atoms with E-state index >= 15 is 0 Å². The van der Waals surface area contributed by atoms with Crippen molar-refractivity contribution in [2.45, 2.75) is 64.5 Å². The van der Waals surface area contributed by atoms with Gasteiger partial charge >= 0.3 is 0 Å². The van der Waals surface area contributed by atoms with Gasteiger partial charge in [0.15, 0.2) is 9.84 Å². The SMILES string of the molecule is CCCNC(C)C(C)S(=O)(=O)C(C)C(C)C. The molecule has 3 nitrogen and oxygen atoms in total. The van der Waals surface area contributed by atoms with Gasteiger partial charge in [0.2, 0.25) is 0 Å². The highest BCUT2D eigenvalue weighted by Crippen LogP contribution is 2.18. The van der Waals surface area contributed by atoms with Gasteiger partial charge in [-0.1, -0.05) is 20.8 Å². The van der Waals surface area contributed by atoms with E-state index in [-0.39, 0.29) is 22.5 Å². The summed E-state index contributed by atoms with van der Waals surface area (Å²) in [7, 11) is -3.03. The van der Waals surface area contributed by atoms with Gasteiger partial charge in [0.25, 0.3) is 0 Å². The normalized spacial score (nSPS) is 18.4. The fourth-order valence-corrected chi connectivity index (χ4v) is 3.64. The standard InChI is InChI=1S/C12H27NO2S/c1-7-8-13-10(4)12(6)16(14,15)11(5)9(2)3/h9-13H,7-8H2,1-6H3. The molecule has 0 heterocycles. The first-order chi connectivity index (χ1) is 7.25. The van der Waals surface area contributed by atoms with Gasteiger partial charge in [0, 0.05) is 6.04 Å². The lowest BCUT2D eigenvalue weighted by molar-refractivity contribution is 0.490. The summed E-state index contributed by atoms with van der Waals surface area (Å²) in [5.74, 6) is 0.172. The first-order valence-electron chi connectivity index (χ1n) is 6.21. The van der Waals surface area contributed by atoms with Crippen LogP contribution in [-0.4, -0.2) is 31.5 Å². The van der Waals surface area contributed by atoms with Crippen LogP contribution in [-0.2, 0) is 9.84 Å². The summed E-state index contributed by atoms with van der Waals surface area (Å²) >= 11 is 0. The highest BCUT2D eigenvalue weighted by atomic mass is 32.2. The molecule has 0 aromatic heterocycles. The summed E-state index contributed by atoms with van der Waals surface area (Å²) in [6, 6.07) is 0.0196. The molecule has 4 heteroatoms. The van der Waals surface area contributed by atoms with Crippen molar-refractivity contribution in [3.8, 4) is 0 Å². The van der Waals surface area contributed by atoms with E-state index < -0.39 is 9.84 Å².